The Bertz CT molecular complexity index is 295. The summed E-state index contributed by atoms with van der Waals surface area (Å²) in [5.74, 6) is -1.12. The number of halogens is 2. The van der Waals surface area contributed by atoms with E-state index in [-0.39, 0.29) is 6.04 Å². The van der Waals surface area contributed by atoms with E-state index in [1.165, 1.54) is 6.07 Å². The second-order valence-corrected chi connectivity index (χ2v) is 2.89. The molecule has 0 saturated heterocycles. The minimum atomic E-state index is -0.578. The molecule has 1 aromatic carbocycles. The monoisotopic (exact) mass is 171 g/mol. The first kappa shape index (κ1) is 9.13. The molecule has 66 valence electrons. The Hall–Kier alpha value is -0.960. The zero-order valence-corrected chi connectivity index (χ0v) is 7.07. The van der Waals surface area contributed by atoms with Crippen LogP contribution in [0.4, 0.5) is 8.78 Å². The van der Waals surface area contributed by atoms with E-state index in [9.17, 15) is 8.78 Å². The van der Waals surface area contributed by atoms with E-state index in [1.807, 2.05) is 0 Å². The summed E-state index contributed by atoms with van der Waals surface area (Å²) in [6.07, 6.45) is 0. The van der Waals surface area contributed by atoms with E-state index in [1.54, 1.807) is 13.8 Å². The molecule has 3 heteroatoms. The van der Waals surface area contributed by atoms with Crippen LogP contribution in [0.5, 0.6) is 0 Å². The number of hydrogen-bond donors (Lipinski definition) is 1. The van der Waals surface area contributed by atoms with Gasteiger partial charge in [0.15, 0.2) is 0 Å². The number of rotatable bonds is 1. The zero-order valence-electron chi connectivity index (χ0n) is 7.07. The summed E-state index contributed by atoms with van der Waals surface area (Å²) in [7, 11) is 0. The molecule has 0 aliphatic rings. The lowest BCUT2D eigenvalue weighted by Gasteiger charge is -2.09. The third-order valence-corrected chi connectivity index (χ3v) is 1.84. The molecule has 0 aromatic heterocycles. The van der Waals surface area contributed by atoms with E-state index in [0.29, 0.717) is 11.1 Å². The first-order valence-electron chi connectivity index (χ1n) is 3.73. The van der Waals surface area contributed by atoms with Gasteiger partial charge in [0, 0.05) is 12.1 Å². The van der Waals surface area contributed by atoms with Crippen LogP contribution >= 0.6 is 0 Å². The highest BCUT2D eigenvalue weighted by molar-refractivity contribution is 5.30. The van der Waals surface area contributed by atoms with Crippen molar-refractivity contribution in [2.45, 2.75) is 19.9 Å². The summed E-state index contributed by atoms with van der Waals surface area (Å²) >= 11 is 0. The van der Waals surface area contributed by atoms with Gasteiger partial charge in [0.2, 0.25) is 0 Å². The molecule has 1 rings (SSSR count). The van der Waals surface area contributed by atoms with Gasteiger partial charge in [-0.15, -0.1) is 0 Å². The largest absolute Gasteiger partial charge is 0.324 e. The van der Waals surface area contributed by atoms with Crippen LogP contribution < -0.4 is 5.73 Å². The van der Waals surface area contributed by atoms with Gasteiger partial charge in [0.05, 0.1) is 0 Å². The molecule has 0 aliphatic carbocycles. The smallest absolute Gasteiger partial charge is 0.129 e. The average molecular weight is 171 g/mol. The standard InChI is InChI=1S/C9H11F2N/c1-5-8(6(2)12)3-7(10)4-9(5)11/h3-4,6H,12H2,1-2H3/t6-/m1/s1. The maximum absolute atomic E-state index is 12.9. The van der Waals surface area contributed by atoms with Crippen LogP contribution in [0.2, 0.25) is 0 Å². The van der Waals surface area contributed by atoms with Gasteiger partial charge in [-0.25, -0.2) is 8.78 Å². The molecule has 0 spiro atoms. The van der Waals surface area contributed by atoms with Crippen LogP contribution in [-0.4, -0.2) is 0 Å². The molecule has 0 amide bonds. The Kier molecular flexibility index (Phi) is 2.43. The van der Waals surface area contributed by atoms with E-state index in [2.05, 4.69) is 0 Å². The van der Waals surface area contributed by atoms with Crippen LogP contribution in [0.3, 0.4) is 0 Å². The summed E-state index contributed by atoms with van der Waals surface area (Å²) in [6, 6.07) is 1.79. The Morgan fingerprint density at radius 3 is 2.42 bits per heavy atom. The molecule has 1 atom stereocenters. The van der Waals surface area contributed by atoms with Crippen LogP contribution in [0.25, 0.3) is 0 Å². The van der Waals surface area contributed by atoms with Crippen molar-refractivity contribution < 1.29 is 8.78 Å². The summed E-state index contributed by atoms with van der Waals surface area (Å²) in [5, 5.41) is 0. The third-order valence-electron chi connectivity index (χ3n) is 1.84. The summed E-state index contributed by atoms with van der Waals surface area (Å²) in [4.78, 5) is 0. The second kappa shape index (κ2) is 3.19. The molecule has 0 saturated carbocycles. The molecule has 2 N–H and O–H groups in total. The van der Waals surface area contributed by atoms with Gasteiger partial charge >= 0.3 is 0 Å². The van der Waals surface area contributed by atoms with Gasteiger partial charge in [0.25, 0.3) is 0 Å². The molecule has 0 heterocycles. The Labute approximate surface area is 70.2 Å². The van der Waals surface area contributed by atoms with Crippen LogP contribution in [-0.2, 0) is 0 Å². The van der Waals surface area contributed by atoms with Gasteiger partial charge in [-0.05, 0) is 31.0 Å². The summed E-state index contributed by atoms with van der Waals surface area (Å²) < 4.78 is 25.6. The molecule has 0 radical (unpaired) electrons. The average Bonchev–Trinajstić information content (AvgIpc) is 1.96. The van der Waals surface area contributed by atoms with Gasteiger partial charge in [0.1, 0.15) is 11.6 Å². The molecule has 0 fully saturated rings. The van der Waals surface area contributed by atoms with Crippen molar-refractivity contribution in [3.05, 3.63) is 34.9 Å². The molecular weight excluding hydrogens is 160 g/mol. The molecule has 12 heavy (non-hydrogen) atoms. The van der Waals surface area contributed by atoms with Crippen molar-refractivity contribution in [1.29, 1.82) is 0 Å². The van der Waals surface area contributed by atoms with E-state index >= 15 is 0 Å². The summed E-state index contributed by atoms with van der Waals surface area (Å²) in [5.41, 5.74) is 6.46. The number of hydrogen-bond acceptors (Lipinski definition) is 1. The fourth-order valence-electron chi connectivity index (χ4n) is 1.14. The minimum Gasteiger partial charge on any atom is -0.324 e. The van der Waals surface area contributed by atoms with Crippen LogP contribution in [0.15, 0.2) is 12.1 Å². The lowest BCUT2D eigenvalue weighted by molar-refractivity contribution is 0.569. The van der Waals surface area contributed by atoms with Crippen LogP contribution in [0.1, 0.15) is 24.1 Å². The highest BCUT2D eigenvalue weighted by atomic mass is 19.1. The van der Waals surface area contributed by atoms with Crippen molar-refractivity contribution >= 4 is 0 Å². The lowest BCUT2D eigenvalue weighted by Crippen LogP contribution is -2.08. The summed E-state index contributed by atoms with van der Waals surface area (Å²) in [6.45, 7) is 3.29. The topological polar surface area (TPSA) is 26.0 Å². The molecule has 1 aromatic rings. The lowest BCUT2D eigenvalue weighted by atomic mass is 10.0. The van der Waals surface area contributed by atoms with Gasteiger partial charge in [-0.1, -0.05) is 0 Å². The molecule has 1 nitrogen and oxygen atoms in total. The highest BCUT2D eigenvalue weighted by Crippen LogP contribution is 2.19. The molecule has 0 unspecified atom stereocenters. The number of benzene rings is 1. The Morgan fingerprint density at radius 1 is 1.33 bits per heavy atom. The van der Waals surface area contributed by atoms with E-state index in [0.717, 1.165) is 6.07 Å². The second-order valence-electron chi connectivity index (χ2n) is 2.89. The predicted octanol–water partition coefficient (Wildman–Crippen LogP) is 2.29. The predicted molar refractivity (Wildman–Crippen MR) is 43.7 cm³/mol. The van der Waals surface area contributed by atoms with Gasteiger partial charge in [-0.3, -0.25) is 0 Å². The maximum Gasteiger partial charge on any atom is 0.129 e. The molecular formula is C9H11F2N. The third kappa shape index (κ3) is 1.61. The van der Waals surface area contributed by atoms with Crippen molar-refractivity contribution in [3.63, 3.8) is 0 Å². The first-order valence-corrected chi connectivity index (χ1v) is 3.73. The fourth-order valence-corrected chi connectivity index (χ4v) is 1.14. The van der Waals surface area contributed by atoms with Gasteiger partial charge in [-0.2, -0.15) is 0 Å². The Balaban J connectivity index is 3.28. The SMILES string of the molecule is Cc1c(F)cc(F)cc1[C@@H](C)N. The van der Waals surface area contributed by atoms with E-state index < -0.39 is 11.6 Å². The minimum absolute atomic E-state index is 0.338. The van der Waals surface area contributed by atoms with Crippen molar-refractivity contribution in [3.8, 4) is 0 Å². The van der Waals surface area contributed by atoms with Crippen molar-refractivity contribution in [2.75, 3.05) is 0 Å². The normalized spacial score (nSPS) is 13.1. The van der Waals surface area contributed by atoms with Gasteiger partial charge < -0.3 is 5.73 Å². The maximum atomic E-state index is 12.9. The molecule has 0 aliphatic heterocycles. The fraction of sp³-hybridized carbons (Fsp3) is 0.333. The van der Waals surface area contributed by atoms with Crippen LogP contribution in [0, 0.1) is 18.6 Å². The van der Waals surface area contributed by atoms with Crippen molar-refractivity contribution in [2.24, 2.45) is 5.73 Å². The highest BCUT2D eigenvalue weighted by Gasteiger charge is 2.09. The first-order chi connectivity index (χ1) is 5.52. The molecule has 0 bridgehead atoms. The van der Waals surface area contributed by atoms with Crippen molar-refractivity contribution in [1.82, 2.24) is 0 Å². The zero-order chi connectivity index (χ0) is 9.30. The Morgan fingerprint density at radius 2 is 1.92 bits per heavy atom. The number of nitrogens with two attached hydrogens (primary N) is 1. The quantitative estimate of drug-likeness (QED) is 0.689. The van der Waals surface area contributed by atoms with E-state index in [4.69, 9.17) is 5.73 Å².